The maximum Gasteiger partial charge on any atom is 0.160 e. The Balaban J connectivity index is 1.07. The van der Waals surface area contributed by atoms with Crippen molar-refractivity contribution in [1.82, 2.24) is 19.9 Å². The fourth-order valence-corrected chi connectivity index (χ4v) is 8.46. The van der Waals surface area contributed by atoms with E-state index in [1.807, 2.05) is 115 Å². The molecule has 4 heterocycles. The van der Waals surface area contributed by atoms with Gasteiger partial charge in [-0.15, -0.1) is 0 Å². The van der Waals surface area contributed by atoms with E-state index in [2.05, 4.69) is 91.0 Å². The van der Waals surface area contributed by atoms with E-state index >= 15 is 0 Å². The van der Waals surface area contributed by atoms with Crippen LogP contribution in [0.25, 0.3) is 123 Å². The number of nitrogens with zero attached hydrogens (tertiary/aromatic N) is 4. The van der Waals surface area contributed by atoms with E-state index in [1.54, 1.807) is 0 Å². The molecule has 6 heteroatoms. The second-order valence-electron chi connectivity index (χ2n) is 15.4. The Kier molecular flexibility index (Phi) is 8.38. The molecule has 0 radical (unpaired) electrons. The topological polar surface area (TPSA) is 77.8 Å². The summed E-state index contributed by atoms with van der Waals surface area (Å²) in [6.07, 6.45) is 0. The fourth-order valence-electron chi connectivity index (χ4n) is 8.46. The molecule has 0 fully saturated rings. The molecule has 0 unspecified atom stereocenters. The van der Waals surface area contributed by atoms with Gasteiger partial charge in [-0.1, -0.05) is 152 Å². The van der Waals surface area contributed by atoms with Gasteiger partial charge in [0.05, 0.1) is 28.3 Å². The van der Waals surface area contributed by atoms with Crippen molar-refractivity contribution >= 4 is 43.9 Å². The highest BCUT2D eigenvalue weighted by Crippen LogP contribution is 2.46. The Morgan fingerprint density at radius 2 is 0.597 bits per heavy atom. The molecule has 12 aromatic rings. The van der Waals surface area contributed by atoms with Gasteiger partial charge in [0, 0.05) is 54.9 Å². The van der Waals surface area contributed by atoms with E-state index in [0.717, 1.165) is 111 Å². The summed E-state index contributed by atoms with van der Waals surface area (Å²) >= 11 is 0. The molecule has 0 aliphatic carbocycles. The molecule has 0 aliphatic heterocycles. The third-order valence-electron chi connectivity index (χ3n) is 11.5. The van der Waals surface area contributed by atoms with E-state index in [9.17, 15) is 0 Å². The minimum absolute atomic E-state index is 0.670. The second kappa shape index (κ2) is 14.7. The predicted molar refractivity (Wildman–Crippen MR) is 250 cm³/mol. The number of benzene rings is 8. The number of fused-ring (bicyclic) bond motifs is 6. The summed E-state index contributed by atoms with van der Waals surface area (Å²) < 4.78 is 13.6. The molecular formula is C56H34N4O2. The van der Waals surface area contributed by atoms with E-state index in [0.29, 0.717) is 11.6 Å². The Bertz CT molecular complexity index is 3270. The Labute approximate surface area is 356 Å². The van der Waals surface area contributed by atoms with Crippen LogP contribution in [0, 0.1) is 0 Å². The van der Waals surface area contributed by atoms with Gasteiger partial charge in [0.2, 0.25) is 0 Å². The van der Waals surface area contributed by atoms with Crippen molar-refractivity contribution < 1.29 is 8.83 Å². The first kappa shape index (κ1) is 35.5. The lowest BCUT2D eigenvalue weighted by atomic mass is 9.97. The van der Waals surface area contributed by atoms with Gasteiger partial charge in [-0.2, -0.15) is 0 Å². The third-order valence-corrected chi connectivity index (χ3v) is 11.5. The van der Waals surface area contributed by atoms with Gasteiger partial charge in [-0.05, 0) is 60.2 Å². The molecule has 0 saturated heterocycles. The zero-order chi connectivity index (χ0) is 41.0. The average molecular weight is 795 g/mol. The van der Waals surface area contributed by atoms with Crippen molar-refractivity contribution in [3.8, 4) is 78.9 Å². The summed E-state index contributed by atoms with van der Waals surface area (Å²) in [5.41, 5.74) is 14.3. The van der Waals surface area contributed by atoms with Crippen LogP contribution < -0.4 is 0 Å². The number of hydrogen-bond donors (Lipinski definition) is 0. The molecule has 8 aromatic carbocycles. The molecule has 4 aromatic heterocycles. The largest absolute Gasteiger partial charge is 0.455 e. The van der Waals surface area contributed by atoms with Crippen LogP contribution in [0.15, 0.2) is 215 Å². The molecule has 0 atom stereocenters. The predicted octanol–water partition coefficient (Wildman–Crippen LogP) is 14.7. The number of furan rings is 2. The molecule has 62 heavy (non-hydrogen) atoms. The zero-order valence-electron chi connectivity index (χ0n) is 33.2. The Morgan fingerprint density at radius 1 is 0.258 bits per heavy atom. The minimum Gasteiger partial charge on any atom is -0.455 e. The summed E-state index contributed by atoms with van der Waals surface area (Å²) in [7, 11) is 0. The summed E-state index contributed by atoms with van der Waals surface area (Å²) in [6, 6.07) is 70.2. The Morgan fingerprint density at radius 3 is 0.984 bits per heavy atom. The van der Waals surface area contributed by atoms with Gasteiger partial charge >= 0.3 is 0 Å². The van der Waals surface area contributed by atoms with Gasteiger partial charge in [0.1, 0.15) is 22.3 Å². The van der Waals surface area contributed by atoms with Crippen molar-refractivity contribution in [2.24, 2.45) is 0 Å². The highest BCUT2D eigenvalue weighted by atomic mass is 16.3. The minimum atomic E-state index is 0.670. The van der Waals surface area contributed by atoms with Crippen molar-refractivity contribution in [2.75, 3.05) is 0 Å². The normalized spacial score (nSPS) is 11.5. The summed E-state index contributed by atoms with van der Waals surface area (Å²) in [4.78, 5) is 20.3. The highest BCUT2D eigenvalue weighted by molar-refractivity contribution is 6.22. The van der Waals surface area contributed by atoms with Crippen LogP contribution in [-0.4, -0.2) is 19.9 Å². The third kappa shape index (κ3) is 6.21. The molecule has 0 N–H and O–H groups in total. The van der Waals surface area contributed by atoms with Crippen LogP contribution in [-0.2, 0) is 0 Å². The first-order chi connectivity index (χ1) is 30.7. The van der Waals surface area contributed by atoms with Crippen LogP contribution >= 0.6 is 0 Å². The molecule has 290 valence electrons. The molecular weight excluding hydrogens is 761 g/mol. The smallest absolute Gasteiger partial charge is 0.160 e. The number of hydrogen-bond acceptors (Lipinski definition) is 6. The first-order valence-corrected chi connectivity index (χ1v) is 20.6. The molecule has 0 spiro atoms. The maximum absolute atomic E-state index is 6.81. The highest BCUT2D eigenvalue weighted by Gasteiger charge is 2.23. The van der Waals surface area contributed by atoms with Gasteiger partial charge in [0.15, 0.2) is 11.6 Å². The summed E-state index contributed by atoms with van der Waals surface area (Å²) in [6.45, 7) is 0. The van der Waals surface area contributed by atoms with Gasteiger partial charge < -0.3 is 8.83 Å². The number of rotatable bonds is 7. The van der Waals surface area contributed by atoms with E-state index < -0.39 is 0 Å². The lowest BCUT2D eigenvalue weighted by molar-refractivity contribution is 0.658. The monoisotopic (exact) mass is 794 g/mol. The van der Waals surface area contributed by atoms with E-state index in [1.165, 1.54) is 0 Å². The summed E-state index contributed by atoms with van der Waals surface area (Å²) in [5.74, 6) is 1.34. The molecule has 12 rings (SSSR count). The second-order valence-corrected chi connectivity index (χ2v) is 15.4. The molecule has 0 aliphatic rings. The van der Waals surface area contributed by atoms with Crippen molar-refractivity contribution in [3.05, 3.63) is 206 Å². The standard InChI is InChI=1S/C56H34N4O2/c1-6-16-35(17-7-1)46-33-48(59-55(57-46)38-22-12-4-13-23-38)40-26-28-50-42(30-40)44-32-45-43-31-41(27-29-51(43)62-54(45)52(53(44)61-50)37-20-10-3-11-21-37)49-34-47(36-18-8-2-9-19-36)58-56(60-49)39-24-14-5-15-25-39/h1-34H. The van der Waals surface area contributed by atoms with Gasteiger partial charge in [-0.3, -0.25) is 0 Å². The molecule has 0 bridgehead atoms. The van der Waals surface area contributed by atoms with Gasteiger partial charge in [0.25, 0.3) is 0 Å². The van der Waals surface area contributed by atoms with Crippen molar-refractivity contribution in [2.45, 2.75) is 0 Å². The fraction of sp³-hybridized carbons (Fsp3) is 0. The van der Waals surface area contributed by atoms with Crippen LogP contribution in [0.5, 0.6) is 0 Å². The zero-order valence-corrected chi connectivity index (χ0v) is 33.2. The quantitative estimate of drug-likeness (QED) is 0.160. The van der Waals surface area contributed by atoms with Crippen molar-refractivity contribution in [3.63, 3.8) is 0 Å². The van der Waals surface area contributed by atoms with Crippen LogP contribution in [0.2, 0.25) is 0 Å². The van der Waals surface area contributed by atoms with E-state index in [4.69, 9.17) is 28.8 Å². The number of aromatic nitrogens is 4. The average Bonchev–Trinajstić information content (AvgIpc) is 3.91. The lowest BCUT2D eigenvalue weighted by Gasteiger charge is -2.09. The summed E-state index contributed by atoms with van der Waals surface area (Å²) in [5, 5.41) is 3.95. The van der Waals surface area contributed by atoms with Crippen LogP contribution in [0.4, 0.5) is 0 Å². The molecule has 6 nitrogen and oxygen atoms in total. The molecule has 0 amide bonds. The van der Waals surface area contributed by atoms with Gasteiger partial charge in [-0.25, -0.2) is 19.9 Å². The van der Waals surface area contributed by atoms with Crippen molar-refractivity contribution in [1.29, 1.82) is 0 Å². The first-order valence-electron chi connectivity index (χ1n) is 20.6. The Hall–Kier alpha value is -8.48. The van der Waals surface area contributed by atoms with Crippen LogP contribution in [0.1, 0.15) is 0 Å². The maximum atomic E-state index is 6.81. The molecule has 0 saturated carbocycles. The van der Waals surface area contributed by atoms with Crippen LogP contribution in [0.3, 0.4) is 0 Å². The SMILES string of the molecule is c1ccc(-c2cc(-c3ccc4oc5c(-c6ccccc6)c6oc7ccc(-c8cc(-c9ccccc9)nc(-c9ccccc9)n8)cc7c6cc5c4c3)nc(-c3ccccc3)n2)cc1. The van der Waals surface area contributed by atoms with E-state index in [-0.39, 0.29) is 0 Å². The lowest BCUT2D eigenvalue weighted by Crippen LogP contribution is -1.95.